The number of nitrogens with zero attached hydrogens (tertiary/aromatic N) is 1. The van der Waals surface area contributed by atoms with Crippen molar-refractivity contribution in [3.05, 3.63) is 24.3 Å². The van der Waals surface area contributed by atoms with Gasteiger partial charge in [-0.1, -0.05) is 6.07 Å². The van der Waals surface area contributed by atoms with E-state index in [9.17, 15) is 4.79 Å². The Hall–Kier alpha value is -1.79. The summed E-state index contributed by atoms with van der Waals surface area (Å²) in [5.74, 6) is 0.512. The number of methoxy groups -OCH3 is 2. The molecule has 0 saturated carbocycles. The number of amides is 1. The van der Waals surface area contributed by atoms with Crippen LogP contribution >= 0.6 is 0 Å². The normalized spacial score (nSPS) is 10.4. The predicted molar refractivity (Wildman–Crippen MR) is 81.3 cm³/mol. The summed E-state index contributed by atoms with van der Waals surface area (Å²) in [5.41, 5.74) is 6.27. The van der Waals surface area contributed by atoms with E-state index in [1.54, 1.807) is 43.4 Å². The first kappa shape index (κ1) is 17.3. The summed E-state index contributed by atoms with van der Waals surface area (Å²) in [6.45, 7) is 2.26. The molecular weight excluding hydrogens is 272 g/mol. The lowest BCUT2D eigenvalue weighted by atomic mass is 10.3. The third-order valence-electron chi connectivity index (χ3n) is 2.91. The Morgan fingerprint density at radius 1 is 1.19 bits per heavy atom. The SMILES string of the molecule is COCCCN(CCOC)C(=O)COc1cccc(N)c1. The highest BCUT2D eigenvalue weighted by atomic mass is 16.5. The number of hydrogen-bond acceptors (Lipinski definition) is 5. The van der Waals surface area contributed by atoms with Gasteiger partial charge in [0.05, 0.1) is 6.61 Å². The molecule has 0 bridgehead atoms. The average molecular weight is 296 g/mol. The Bertz CT molecular complexity index is 426. The molecule has 1 rings (SSSR count). The molecule has 0 aromatic heterocycles. The van der Waals surface area contributed by atoms with E-state index >= 15 is 0 Å². The summed E-state index contributed by atoms with van der Waals surface area (Å²) < 4.78 is 15.5. The number of benzene rings is 1. The van der Waals surface area contributed by atoms with Crippen LogP contribution in [0.5, 0.6) is 5.75 Å². The second-order valence-corrected chi connectivity index (χ2v) is 4.58. The lowest BCUT2D eigenvalue weighted by Gasteiger charge is -2.22. The minimum Gasteiger partial charge on any atom is -0.484 e. The quantitative estimate of drug-likeness (QED) is 0.518. The molecular formula is C15H24N2O4. The molecule has 0 aliphatic carbocycles. The first-order chi connectivity index (χ1) is 10.2. The highest BCUT2D eigenvalue weighted by Crippen LogP contribution is 2.14. The molecule has 0 aliphatic heterocycles. The van der Waals surface area contributed by atoms with Crippen molar-refractivity contribution < 1.29 is 19.0 Å². The second-order valence-electron chi connectivity index (χ2n) is 4.58. The van der Waals surface area contributed by atoms with Gasteiger partial charge in [-0.2, -0.15) is 0 Å². The van der Waals surface area contributed by atoms with Gasteiger partial charge in [0.2, 0.25) is 0 Å². The fourth-order valence-electron chi connectivity index (χ4n) is 1.80. The zero-order valence-corrected chi connectivity index (χ0v) is 12.7. The standard InChI is InChI=1S/C15H24N2O4/c1-19-9-4-7-17(8-10-20-2)15(18)12-21-14-6-3-5-13(16)11-14/h3,5-6,11H,4,7-10,12,16H2,1-2H3. The molecule has 0 heterocycles. The molecule has 0 aliphatic rings. The first-order valence-electron chi connectivity index (χ1n) is 6.91. The van der Waals surface area contributed by atoms with Crippen LogP contribution in [-0.4, -0.2) is 57.9 Å². The minimum atomic E-state index is -0.0782. The minimum absolute atomic E-state index is 0.0137. The van der Waals surface area contributed by atoms with Gasteiger partial charge in [-0.05, 0) is 18.6 Å². The summed E-state index contributed by atoms with van der Waals surface area (Å²) in [6.07, 6.45) is 0.782. The molecule has 0 saturated heterocycles. The van der Waals surface area contributed by atoms with Crippen molar-refractivity contribution in [3.63, 3.8) is 0 Å². The van der Waals surface area contributed by atoms with Gasteiger partial charge in [0.1, 0.15) is 5.75 Å². The highest BCUT2D eigenvalue weighted by molar-refractivity contribution is 5.77. The zero-order chi connectivity index (χ0) is 15.5. The van der Waals surface area contributed by atoms with Crippen molar-refractivity contribution in [3.8, 4) is 5.75 Å². The van der Waals surface area contributed by atoms with Gasteiger partial charge < -0.3 is 24.8 Å². The number of hydrogen-bond donors (Lipinski definition) is 1. The molecule has 0 fully saturated rings. The van der Waals surface area contributed by atoms with E-state index in [4.69, 9.17) is 19.9 Å². The van der Waals surface area contributed by atoms with Gasteiger partial charge >= 0.3 is 0 Å². The van der Waals surface area contributed by atoms with Crippen molar-refractivity contribution in [1.29, 1.82) is 0 Å². The molecule has 1 aromatic rings. The monoisotopic (exact) mass is 296 g/mol. The zero-order valence-electron chi connectivity index (χ0n) is 12.7. The Labute approximate surface area is 125 Å². The topological polar surface area (TPSA) is 74.0 Å². The van der Waals surface area contributed by atoms with Gasteiger partial charge in [-0.25, -0.2) is 0 Å². The van der Waals surface area contributed by atoms with Crippen LogP contribution in [0.3, 0.4) is 0 Å². The molecule has 6 nitrogen and oxygen atoms in total. The number of ether oxygens (including phenoxy) is 3. The van der Waals surface area contributed by atoms with Crippen molar-refractivity contribution >= 4 is 11.6 Å². The Balaban J connectivity index is 2.46. The smallest absolute Gasteiger partial charge is 0.260 e. The lowest BCUT2D eigenvalue weighted by Crippen LogP contribution is -2.38. The molecule has 6 heteroatoms. The van der Waals surface area contributed by atoms with E-state index < -0.39 is 0 Å². The molecule has 21 heavy (non-hydrogen) atoms. The van der Waals surface area contributed by atoms with Crippen LogP contribution in [0.15, 0.2) is 24.3 Å². The van der Waals surface area contributed by atoms with Crippen molar-refractivity contribution in [2.75, 3.05) is 52.9 Å². The fraction of sp³-hybridized carbons (Fsp3) is 0.533. The van der Waals surface area contributed by atoms with Gasteiger partial charge in [0, 0.05) is 45.7 Å². The maximum atomic E-state index is 12.2. The van der Waals surface area contributed by atoms with Gasteiger partial charge in [-0.3, -0.25) is 4.79 Å². The first-order valence-corrected chi connectivity index (χ1v) is 6.91. The van der Waals surface area contributed by atoms with Crippen LogP contribution in [0, 0.1) is 0 Å². The van der Waals surface area contributed by atoms with Gasteiger partial charge in [0.25, 0.3) is 5.91 Å². The van der Waals surface area contributed by atoms with Crippen LogP contribution in [0.25, 0.3) is 0 Å². The highest BCUT2D eigenvalue weighted by Gasteiger charge is 2.13. The van der Waals surface area contributed by atoms with E-state index in [-0.39, 0.29) is 12.5 Å². The third kappa shape index (κ3) is 6.97. The number of anilines is 1. The lowest BCUT2D eigenvalue weighted by molar-refractivity contribution is -0.134. The maximum absolute atomic E-state index is 12.2. The Morgan fingerprint density at radius 2 is 1.95 bits per heavy atom. The second kappa shape index (κ2) is 10.0. The summed E-state index contributed by atoms with van der Waals surface area (Å²) in [6, 6.07) is 7.02. The number of carbonyl (C=O) groups excluding carboxylic acids is 1. The van der Waals surface area contributed by atoms with Crippen LogP contribution < -0.4 is 10.5 Å². The number of nitrogen functional groups attached to an aromatic ring is 1. The average Bonchev–Trinajstić information content (AvgIpc) is 2.48. The molecule has 0 unspecified atom stereocenters. The molecule has 118 valence electrons. The third-order valence-corrected chi connectivity index (χ3v) is 2.91. The summed E-state index contributed by atoms with van der Waals surface area (Å²) in [7, 11) is 3.26. The summed E-state index contributed by atoms with van der Waals surface area (Å²) >= 11 is 0. The number of rotatable bonds is 10. The van der Waals surface area contributed by atoms with Crippen molar-refractivity contribution in [1.82, 2.24) is 4.90 Å². The van der Waals surface area contributed by atoms with Crippen molar-refractivity contribution in [2.24, 2.45) is 0 Å². The fourth-order valence-corrected chi connectivity index (χ4v) is 1.80. The molecule has 0 spiro atoms. The molecule has 0 atom stereocenters. The maximum Gasteiger partial charge on any atom is 0.260 e. The van der Waals surface area contributed by atoms with E-state index in [0.29, 0.717) is 37.7 Å². The van der Waals surface area contributed by atoms with E-state index in [1.807, 2.05) is 0 Å². The van der Waals surface area contributed by atoms with Crippen LogP contribution in [0.1, 0.15) is 6.42 Å². The van der Waals surface area contributed by atoms with E-state index in [2.05, 4.69) is 0 Å². The summed E-state index contributed by atoms with van der Waals surface area (Å²) in [4.78, 5) is 13.9. The Morgan fingerprint density at radius 3 is 2.62 bits per heavy atom. The Kier molecular flexibility index (Phi) is 8.23. The van der Waals surface area contributed by atoms with Crippen LogP contribution in [-0.2, 0) is 14.3 Å². The molecule has 1 amide bonds. The predicted octanol–water partition coefficient (Wildman–Crippen LogP) is 1.16. The number of nitrogens with two attached hydrogens (primary N) is 1. The van der Waals surface area contributed by atoms with Crippen molar-refractivity contribution in [2.45, 2.75) is 6.42 Å². The van der Waals surface area contributed by atoms with Crippen LogP contribution in [0.2, 0.25) is 0 Å². The molecule has 2 N–H and O–H groups in total. The van der Waals surface area contributed by atoms with Crippen LogP contribution in [0.4, 0.5) is 5.69 Å². The molecule has 0 radical (unpaired) electrons. The summed E-state index contributed by atoms with van der Waals surface area (Å²) in [5, 5.41) is 0. The largest absolute Gasteiger partial charge is 0.484 e. The molecule has 1 aromatic carbocycles. The van der Waals surface area contributed by atoms with E-state index in [0.717, 1.165) is 6.42 Å². The van der Waals surface area contributed by atoms with Gasteiger partial charge in [-0.15, -0.1) is 0 Å². The van der Waals surface area contributed by atoms with E-state index in [1.165, 1.54) is 0 Å². The number of carbonyl (C=O) groups is 1. The van der Waals surface area contributed by atoms with Gasteiger partial charge in [0.15, 0.2) is 6.61 Å².